The number of benzene rings is 1. The first-order chi connectivity index (χ1) is 7.76. The van der Waals surface area contributed by atoms with E-state index < -0.39 is 0 Å². The van der Waals surface area contributed by atoms with Crippen molar-refractivity contribution in [1.82, 2.24) is 0 Å². The molecule has 92 valence electrons. The Morgan fingerprint density at radius 1 is 0.938 bits per heavy atom. The highest BCUT2D eigenvalue weighted by molar-refractivity contribution is 5.53. The van der Waals surface area contributed by atoms with Crippen molar-refractivity contribution in [2.45, 2.75) is 13.3 Å². The molecule has 0 aliphatic carbocycles. The van der Waals surface area contributed by atoms with Crippen LogP contribution in [0.25, 0.3) is 0 Å². The van der Waals surface area contributed by atoms with E-state index in [1.54, 1.807) is 21.3 Å². The number of hydrogen-bond acceptors (Lipinski definition) is 4. The lowest BCUT2D eigenvalue weighted by molar-refractivity contribution is 0.324. The molecule has 0 aromatic heterocycles. The van der Waals surface area contributed by atoms with Gasteiger partial charge in [0.25, 0.3) is 0 Å². The van der Waals surface area contributed by atoms with Crippen molar-refractivity contribution in [3.05, 3.63) is 17.7 Å². The van der Waals surface area contributed by atoms with E-state index in [1.807, 2.05) is 12.1 Å². The highest BCUT2D eigenvalue weighted by Crippen LogP contribution is 2.38. The molecule has 1 aromatic rings. The van der Waals surface area contributed by atoms with Gasteiger partial charge in [0.2, 0.25) is 5.75 Å². The second-order valence-electron chi connectivity index (χ2n) is 2.89. The number of aryl methyl sites for hydroxylation is 1. The van der Waals surface area contributed by atoms with Gasteiger partial charge in [0, 0.05) is 0 Å². The fourth-order valence-corrected chi connectivity index (χ4v) is 1.34. The lowest BCUT2D eigenvalue weighted by Gasteiger charge is -2.13. The van der Waals surface area contributed by atoms with Gasteiger partial charge in [-0.05, 0) is 31.2 Å². The van der Waals surface area contributed by atoms with E-state index in [1.165, 1.54) is 12.6 Å². The third-order valence-corrected chi connectivity index (χ3v) is 2.13. The van der Waals surface area contributed by atoms with Crippen molar-refractivity contribution in [1.29, 1.82) is 0 Å². The lowest BCUT2D eigenvalue weighted by atomic mass is 10.1. The molecule has 0 aliphatic heterocycles. The molecule has 0 atom stereocenters. The molecule has 0 unspecified atom stereocenters. The van der Waals surface area contributed by atoms with Crippen molar-refractivity contribution < 1.29 is 14.2 Å². The summed E-state index contributed by atoms with van der Waals surface area (Å²) in [5.74, 6) is 2.07. The smallest absolute Gasteiger partial charge is 0.203 e. The Kier molecular flexibility index (Phi) is 7.12. The fraction of sp³-hybridized carbons (Fsp3) is 0.500. The Balaban J connectivity index is 0.00000106. The van der Waals surface area contributed by atoms with Gasteiger partial charge in [-0.1, -0.05) is 6.92 Å². The maximum atomic E-state index is 5.22. The molecule has 0 saturated heterocycles. The summed E-state index contributed by atoms with van der Waals surface area (Å²) in [7, 11) is 6.35. The van der Waals surface area contributed by atoms with Gasteiger partial charge in [0.1, 0.15) is 0 Å². The highest BCUT2D eigenvalue weighted by atomic mass is 16.5. The summed E-state index contributed by atoms with van der Waals surface area (Å²) in [6.45, 7) is 2.08. The molecule has 0 aliphatic rings. The van der Waals surface area contributed by atoms with E-state index in [2.05, 4.69) is 12.7 Å². The molecule has 0 amide bonds. The molecule has 0 heterocycles. The van der Waals surface area contributed by atoms with Crippen LogP contribution in [0.3, 0.4) is 0 Å². The third kappa shape index (κ3) is 3.31. The summed E-state index contributed by atoms with van der Waals surface area (Å²) in [5, 5.41) is 0. The zero-order chi connectivity index (χ0) is 12.6. The second-order valence-corrected chi connectivity index (χ2v) is 2.89. The van der Waals surface area contributed by atoms with Crippen LogP contribution >= 0.6 is 0 Å². The number of ether oxygens (including phenoxy) is 3. The molecule has 0 bridgehead atoms. The van der Waals surface area contributed by atoms with Crippen LogP contribution in [0.1, 0.15) is 12.5 Å². The van der Waals surface area contributed by atoms with Crippen LogP contribution in [0.2, 0.25) is 0 Å². The van der Waals surface area contributed by atoms with E-state index in [0.717, 1.165) is 6.42 Å². The first kappa shape index (κ1) is 14.6. The minimum Gasteiger partial charge on any atom is -0.493 e. The summed E-state index contributed by atoms with van der Waals surface area (Å²) < 4.78 is 15.6. The number of rotatable bonds is 4. The van der Waals surface area contributed by atoms with E-state index in [9.17, 15) is 0 Å². The average Bonchev–Trinajstić information content (AvgIpc) is 2.39. The van der Waals surface area contributed by atoms with Crippen molar-refractivity contribution in [2.24, 2.45) is 5.73 Å². The van der Waals surface area contributed by atoms with Crippen LogP contribution in [0.15, 0.2) is 12.1 Å². The number of hydrogen-bond donors (Lipinski definition) is 1. The predicted octanol–water partition coefficient (Wildman–Crippen LogP) is 1.85. The van der Waals surface area contributed by atoms with Gasteiger partial charge in [0.15, 0.2) is 11.5 Å². The number of methoxy groups -OCH3 is 3. The number of nitrogens with two attached hydrogens (primary N) is 1. The molecule has 4 heteroatoms. The van der Waals surface area contributed by atoms with Crippen molar-refractivity contribution in [3.63, 3.8) is 0 Å². The standard InChI is InChI=1S/C11H16O3.CH5N/c1-5-8-6-9(12-2)11(14-4)10(7-8)13-3;1-2/h6-7H,5H2,1-4H3;2H2,1H3. The molecule has 16 heavy (non-hydrogen) atoms. The van der Waals surface area contributed by atoms with E-state index in [4.69, 9.17) is 14.2 Å². The summed E-state index contributed by atoms with van der Waals surface area (Å²) in [6, 6.07) is 3.92. The van der Waals surface area contributed by atoms with Crippen LogP contribution in [0.4, 0.5) is 0 Å². The highest BCUT2D eigenvalue weighted by Gasteiger charge is 2.11. The monoisotopic (exact) mass is 227 g/mol. The van der Waals surface area contributed by atoms with Gasteiger partial charge in [-0.25, -0.2) is 0 Å². The van der Waals surface area contributed by atoms with Gasteiger partial charge in [-0.3, -0.25) is 0 Å². The maximum Gasteiger partial charge on any atom is 0.203 e. The molecule has 0 spiro atoms. The Morgan fingerprint density at radius 2 is 1.38 bits per heavy atom. The molecule has 0 fully saturated rings. The first-order valence-electron chi connectivity index (χ1n) is 5.13. The van der Waals surface area contributed by atoms with Crippen LogP contribution in [0.5, 0.6) is 17.2 Å². The molecule has 1 rings (SSSR count). The average molecular weight is 227 g/mol. The van der Waals surface area contributed by atoms with Crippen LogP contribution in [0, 0.1) is 0 Å². The quantitative estimate of drug-likeness (QED) is 0.853. The minimum atomic E-state index is 0.646. The topological polar surface area (TPSA) is 53.7 Å². The normalized spacial score (nSPS) is 8.88. The summed E-state index contributed by atoms with van der Waals surface area (Å²) in [5.41, 5.74) is 5.67. The SMILES string of the molecule is CCc1cc(OC)c(OC)c(OC)c1.CN. The third-order valence-electron chi connectivity index (χ3n) is 2.13. The zero-order valence-corrected chi connectivity index (χ0v) is 10.7. The molecule has 2 N–H and O–H groups in total. The van der Waals surface area contributed by atoms with Crippen LogP contribution < -0.4 is 19.9 Å². The lowest BCUT2D eigenvalue weighted by Crippen LogP contribution is -1.96. The Morgan fingerprint density at radius 3 is 1.62 bits per heavy atom. The Bertz CT molecular complexity index is 288. The van der Waals surface area contributed by atoms with Gasteiger partial charge in [0.05, 0.1) is 21.3 Å². The van der Waals surface area contributed by atoms with Crippen LogP contribution in [-0.2, 0) is 6.42 Å². The molecule has 0 radical (unpaired) electrons. The van der Waals surface area contributed by atoms with E-state index in [-0.39, 0.29) is 0 Å². The molecular formula is C12H21NO3. The van der Waals surface area contributed by atoms with E-state index in [0.29, 0.717) is 17.2 Å². The summed E-state index contributed by atoms with van der Waals surface area (Å²) in [4.78, 5) is 0. The van der Waals surface area contributed by atoms with Crippen molar-refractivity contribution >= 4 is 0 Å². The zero-order valence-electron chi connectivity index (χ0n) is 10.7. The largest absolute Gasteiger partial charge is 0.493 e. The Hall–Kier alpha value is -1.42. The van der Waals surface area contributed by atoms with E-state index >= 15 is 0 Å². The fourth-order valence-electron chi connectivity index (χ4n) is 1.34. The maximum absolute atomic E-state index is 5.22. The van der Waals surface area contributed by atoms with Gasteiger partial charge in [-0.15, -0.1) is 0 Å². The van der Waals surface area contributed by atoms with Gasteiger partial charge < -0.3 is 19.9 Å². The second kappa shape index (κ2) is 7.82. The first-order valence-corrected chi connectivity index (χ1v) is 5.13. The predicted molar refractivity (Wildman–Crippen MR) is 65.6 cm³/mol. The summed E-state index contributed by atoms with van der Waals surface area (Å²) in [6.07, 6.45) is 0.941. The van der Waals surface area contributed by atoms with Gasteiger partial charge in [-0.2, -0.15) is 0 Å². The molecule has 1 aromatic carbocycles. The molecule has 0 saturated carbocycles. The summed E-state index contributed by atoms with van der Waals surface area (Å²) >= 11 is 0. The van der Waals surface area contributed by atoms with Crippen LogP contribution in [-0.4, -0.2) is 28.4 Å². The van der Waals surface area contributed by atoms with Gasteiger partial charge >= 0.3 is 0 Å². The molecule has 4 nitrogen and oxygen atoms in total. The Labute approximate surface area is 97.3 Å². The molecular weight excluding hydrogens is 206 g/mol. The van der Waals surface area contributed by atoms with Crippen molar-refractivity contribution in [2.75, 3.05) is 28.4 Å². The minimum absolute atomic E-state index is 0.646. The van der Waals surface area contributed by atoms with Crippen molar-refractivity contribution in [3.8, 4) is 17.2 Å².